The lowest BCUT2D eigenvalue weighted by Gasteiger charge is -2.36. The predicted molar refractivity (Wildman–Crippen MR) is 89.4 cm³/mol. The van der Waals surface area contributed by atoms with Crippen LogP contribution < -0.4 is 5.32 Å². The Morgan fingerprint density at radius 3 is 2.96 bits per heavy atom. The van der Waals surface area contributed by atoms with Crippen LogP contribution in [0.15, 0.2) is 11.4 Å². The van der Waals surface area contributed by atoms with Crippen molar-refractivity contribution in [3.8, 4) is 0 Å². The van der Waals surface area contributed by atoms with Gasteiger partial charge in [-0.15, -0.1) is 11.3 Å². The molecule has 0 aromatic carbocycles. The van der Waals surface area contributed by atoms with Gasteiger partial charge in [-0.1, -0.05) is 6.92 Å². The predicted octanol–water partition coefficient (Wildman–Crippen LogP) is 2.97. The summed E-state index contributed by atoms with van der Waals surface area (Å²) in [6.07, 6.45) is 3.93. The first-order chi connectivity index (χ1) is 11.1. The van der Waals surface area contributed by atoms with Crippen molar-refractivity contribution in [3.63, 3.8) is 0 Å². The molecular formula is C17H24N2O3S. The van der Waals surface area contributed by atoms with Crippen molar-refractivity contribution < 1.29 is 14.3 Å². The van der Waals surface area contributed by atoms with E-state index >= 15 is 0 Å². The number of methoxy groups -OCH3 is 1. The molecule has 126 valence electrons. The number of rotatable bonds is 2. The number of esters is 1. The molecule has 0 bridgehead atoms. The second-order valence-electron chi connectivity index (χ2n) is 6.54. The van der Waals surface area contributed by atoms with Crippen molar-refractivity contribution in [2.45, 2.75) is 38.6 Å². The molecule has 6 heteroatoms. The minimum absolute atomic E-state index is 0.00999. The van der Waals surface area contributed by atoms with E-state index in [-0.39, 0.29) is 29.9 Å². The number of likely N-dealkylation sites (tertiary alicyclic amines) is 1. The van der Waals surface area contributed by atoms with E-state index in [4.69, 9.17) is 4.74 Å². The molecule has 3 rings (SSSR count). The zero-order valence-corrected chi connectivity index (χ0v) is 14.5. The number of nitrogens with one attached hydrogen (secondary N) is 1. The molecule has 0 spiro atoms. The number of piperidine rings is 1. The quantitative estimate of drug-likeness (QED) is 0.845. The number of amides is 2. The van der Waals surface area contributed by atoms with Crippen molar-refractivity contribution in [1.29, 1.82) is 0 Å². The van der Waals surface area contributed by atoms with Crippen molar-refractivity contribution in [2.24, 2.45) is 11.8 Å². The zero-order valence-electron chi connectivity index (χ0n) is 13.7. The Hall–Kier alpha value is -1.56. The lowest BCUT2D eigenvalue weighted by molar-refractivity contribution is -0.148. The van der Waals surface area contributed by atoms with E-state index in [1.807, 2.05) is 11.8 Å². The van der Waals surface area contributed by atoms with Crippen LogP contribution in [0.3, 0.4) is 0 Å². The van der Waals surface area contributed by atoms with E-state index in [1.165, 1.54) is 17.6 Å². The second-order valence-corrected chi connectivity index (χ2v) is 7.54. The number of carbonyl (C=O) groups is 2. The maximum atomic E-state index is 12.6. The first-order valence-electron chi connectivity index (χ1n) is 8.29. The number of ether oxygens (including phenoxy) is 1. The van der Waals surface area contributed by atoms with Crippen LogP contribution in [0.1, 0.15) is 42.7 Å². The van der Waals surface area contributed by atoms with Gasteiger partial charge in [-0.05, 0) is 48.6 Å². The molecule has 1 saturated heterocycles. The molecule has 2 heterocycles. The summed E-state index contributed by atoms with van der Waals surface area (Å²) in [7, 11) is 1.43. The van der Waals surface area contributed by atoms with Crippen LogP contribution >= 0.6 is 11.3 Å². The van der Waals surface area contributed by atoms with Gasteiger partial charge in [0.1, 0.15) is 0 Å². The molecular weight excluding hydrogens is 312 g/mol. The van der Waals surface area contributed by atoms with Gasteiger partial charge >= 0.3 is 12.0 Å². The highest BCUT2D eigenvalue weighted by atomic mass is 32.1. The van der Waals surface area contributed by atoms with Gasteiger partial charge in [0.25, 0.3) is 0 Å². The third kappa shape index (κ3) is 3.37. The standard InChI is InChI=1S/C17H24N2O3S/c1-11-10-19(8-6-12(11)16(20)22-2)17(21)18-14-4-3-5-15-13(14)7-9-23-15/h7,9,11-12,14H,3-6,8,10H2,1-2H3,(H,18,21)/t11-,12+,14+/m0/s1. The van der Waals surface area contributed by atoms with E-state index in [0.29, 0.717) is 19.5 Å². The highest BCUT2D eigenvalue weighted by molar-refractivity contribution is 7.10. The minimum atomic E-state index is -0.159. The summed E-state index contributed by atoms with van der Waals surface area (Å²) in [6.45, 7) is 3.23. The van der Waals surface area contributed by atoms with Crippen molar-refractivity contribution in [3.05, 3.63) is 21.9 Å². The Kier molecular flexibility index (Phi) is 4.90. The number of thiophene rings is 1. The van der Waals surface area contributed by atoms with E-state index in [2.05, 4.69) is 16.8 Å². The van der Waals surface area contributed by atoms with Gasteiger partial charge in [0.15, 0.2) is 0 Å². The summed E-state index contributed by atoms with van der Waals surface area (Å²) in [6, 6.07) is 2.26. The lowest BCUT2D eigenvalue weighted by atomic mass is 9.87. The summed E-state index contributed by atoms with van der Waals surface area (Å²) in [5.41, 5.74) is 1.28. The fourth-order valence-electron chi connectivity index (χ4n) is 3.71. The fourth-order valence-corrected chi connectivity index (χ4v) is 4.70. The Balaban J connectivity index is 1.59. The number of urea groups is 1. The Morgan fingerprint density at radius 2 is 2.22 bits per heavy atom. The SMILES string of the molecule is COC(=O)[C@@H]1CCN(C(=O)N[C@@H]2CCCc3sccc32)C[C@@H]1C. The molecule has 1 fully saturated rings. The summed E-state index contributed by atoms with van der Waals surface area (Å²) in [5.74, 6) is -0.125. The maximum Gasteiger partial charge on any atom is 0.317 e. The lowest BCUT2D eigenvalue weighted by Crippen LogP contribution is -2.49. The van der Waals surface area contributed by atoms with Crippen molar-refractivity contribution in [1.82, 2.24) is 10.2 Å². The zero-order chi connectivity index (χ0) is 16.4. The topological polar surface area (TPSA) is 58.6 Å². The number of hydrogen-bond acceptors (Lipinski definition) is 4. The summed E-state index contributed by atoms with van der Waals surface area (Å²) in [5, 5.41) is 5.30. The maximum absolute atomic E-state index is 12.6. The highest BCUT2D eigenvalue weighted by Gasteiger charge is 2.34. The Morgan fingerprint density at radius 1 is 1.39 bits per heavy atom. The molecule has 1 aliphatic heterocycles. The van der Waals surface area contributed by atoms with Crippen molar-refractivity contribution in [2.75, 3.05) is 20.2 Å². The molecule has 3 atom stereocenters. The van der Waals surface area contributed by atoms with Gasteiger partial charge in [0.2, 0.25) is 0 Å². The van der Waals surface area contributed by atoms with Crippen LogP contribution in [0.2, 0.25) is 0 Å². The third-order valence-corrected chi connectivity index (χ3v) is 6.04. The molecule has 0 unspecified atom stereocenters. The van der Waals surface area contributed by atoms with Gasteiger partial charge in [0.05, 0.1) is 19.1 Å². The van der Waals surface area contributed by atoms with Crippen LogP contribution in [0.5, 0.6) is 0 Å². The van der Waals surface area contributed by atoms with Crippen LogP contribution in [0.4, 0.5) is 4.79 Å². The van der Waals surface area contributed by atoms with E-state index in [1.54, 1.807) is 11.3 Å². The number of fused-ring (bicyclic) bond motifs is 1. The molecule has 1 aliphatic carbocycles. The van der Waals surface area contributed by atoms with Gasteiger partial charge < -0.3 is 15.0 Å². The number of nitrogens with zero attached hydrogens (tertiary/aromatic N) is 1. The molecule has 5 nitrogen and oxygen atoms in total. The normalized spacial score (nSPS) is 27.2. The molecule has 1 N–H and O–H groups in total. The number of carbonyl (C=O) groups excluding carboxylic acids is 2. The summed E-state index contributed by atoms with van der Waals surface area (Å²) >= 11 is 1.78. The van der Waals surface area contributed by atoms with E-state index in [0.717, 1.165) is 19.3 Å². The van der Waals surface area contributed by atoms with Crippen LogP contribution in [-0.2, 0) is 16.0 Å². The number of aryl methyl sites for hydroxylation is 1. The average molecular weight is 336 g/mol. The third-order valence-electron chi connectivity index (χ3n) is 5.05. The Bertz CT molecular complexity index is 586. The monoisotopic (exact) mass is 336 g/mol. The van der Waals surface area contributed by atoms with E-state index < -0.39 is 0 Å². The molecule has 2 amide bonds. The van der Waals surface area contributed by atoms with Crippen molar-refractivity contribution >= 4 is 23.3 Å². The smallest absolute Gasteiger partial charge is 0.317 e. The van der Waals surface area contributed by atoms with Gasteiger partial charge in [-0.3, -0.25) is 4.79 Å². The molecule has 2 aliphatic rings. The van der Waals surface area contributed by atoms with Crippen LogP contribution in [0, 0.1) is 11.8 Å². The summed E-state index contributed by atoms with van der Waals surface area (Å²) in [4.78, 5) is 27.6. The highest BCUT2D eigenvalue weighted by Crippen LogP contribution is 2.33. The molecule has 23 heavy (non-hydrogen) atoms. The molecule has 1 aromatic heterocycles. The first-order valence-corrected chi connectivity index (χ1v) is 9.17. The first kappa shape index (κ1) is 16.3. The molecule has 1 aromatic rings. The van der Waals surface area contributed by atoms with Gasteiger partial charge in [0, 0.05) is 18.0 Å². The average Bonchev–Trinajstić information content (AvgIpc) is 3.03. The van der Waals surface area contributed by atoms with Crippen LogP contribution in [-0.4, -0.2) is 37.1 Å². The van der Waals surface area contributed by atoms with E-state index in [9.17, 15) is 9.59 Å². The van der Waals surface area contributed by atoms with Crippen LogP contribution in [0.25, 0.3) is 0 Å². The molecule has 0 radical (unpaired) electrons. The van der Waals surface area contributed by atoms with Gasteiger partial charge in [-0.25, -0.2) is 4.79 Å². The Labute approximate surface area is 141 Å². The second kappa shape index (κ2) is 6.91. The van der Waals surface area contributed by atoms with Gasteiger partial charge in [-0.2, -0.15) is 0 Å². The largest absolute Gasteiger partial charge is 0.469 e. The fraction of sp³-hybridized carbons (Fsp3) is 0.647. The molecule has 0 saturated carbocycles. The minimum Gasteiger partial charge on any atom is -0.469 e. The summed E-state index contributed by atoms with van der Waals surface area (Å²) < 4.78 is 4.85. The number of hydrogen-bond donors (Lipinski definition) is 1.